The van der Waals surface area contributed by atoms with Gasteiger partial charge in [0.05, 0.1) is 18.7 Å². The summed E-state index contributed by atoms with van der Waals surface area (Å²) in [5, 5.41) is 17.2. The molecule has 1 atom stereocenters. The number of nitrogens with zero attached hydrogens (tertiary/aromatic N) is 5. The molecule has 3 aliphatic heterocycles. The van der Waals surface area contributed by atoms with E-state index < -0.39 is 11.7 Å². The molecule has 1 unspecified atom stereocenters. The van der Waals surface area contributed by atoms with Crippen molar-refractivity contribution >= 4 is 24.0 Å². The van der Waals surface area contributed by atoms with E-state index in [1.807, 2.05) is 29.0 Å². The molecule has 0 radical (unpaired) electrons. The summed E-state index contributed by atoms with van der Waals surface area (Å²) in [6, 6.07) is 4.12. The maximum absolute atomic E-state index is 13.9. The molecule has 0 bridgehead atoms. The summed E-state index contributed by atoms with van der Waals surface area (Å²) in [6.07, 6.45) is 5.17. The highest BCUT2D eigenvalue weighted by atomic mass is 19.4. The molecule has 1 aromatic carbocycles. The molecule has 0 aliphatic carbocycles. The van der Waals surface area contributed by atoms with Crippen molar-refractivity contribution in [3.8, 4) is 11.8 Å². The van der Waals surface area contributed by atoms with E-state index >= 15 is 0 Å². The second kappa shape index (κ2) is 13.6. The topological polar surface area (TPSA) is 79.6 Å². The van der Waals surface area contributed by atoms with E-state index in [0.717, 1.165) is 31.0 Å². The number of likely N-dealkylation sites (N-methyl/N-ethyl adjacent to an activating group) is 1. The number of alkyl halides is 3. The number of halogens is 3. The van der Waals surface area contributed by atoms with Crippen LogP contribution in [-0.4, -0.2) is 98.8 Å². The Hall–Kier alpha value is -3.72. The number of methoxy groups -OCH3 is 1. The quantitative estimate of drug-likeness (QED) is 0.294. The van der Waals surface area contributed by atoms with Crippen LogP contribution in [0, 0.1) is 17.3 Å². The first-order chi connectivity index (χ1) is 19.3. The summed E-state index contributed by atoms with van der Waals surface area (Å²) in [6.45, 7) is 4.92. The molecule has 4 rings (SSSR count). The van der Waals surface area contributed by atoms with Crippen molar-refractivity contribution in [2.75, 3.05) is 60.0 Å². The predicted molar refractivity (Wildman–Crippen MR) is 152 cm³/mol. The first kappa shape index (κ1) is 29.3. The van der Waals surface area contributed by atoms with Crippen LogP contribution in [0.3, 0.4) is 0 Å². The molecule has 8 nitrogen and oxygen atoms in total. The maximum atomic E-state index is 13.9. The molecule has 1 aromatic rings. The summed E-state index contributed by atoms with van der Waals surface area (Å²) in [4.78, 5) is 8.51. The van der Waals surface area contributed by atoms with E-state index in [4.69, 9.17) is 10.1 Å². The monoisotopic (exact) mass is 553 g/mol. The highest BCUT2D eigenvalue weighted by molar-refractivity contribution is 6.06. The van der Waals surface area contributed by atoms with Crippen molar-refractivity contribution in [2.45, 2.75) is 18.8 Å². The number of amidine groups is 2. The molecule has 11 heteroatoms. The minimum absolute atomic E-state index is 0.258. The number of aliphatic imine (C=N–C) groups is 1. The second-order valence-electron chi connectivity index (χ2n) is 9.60. The zero-order valence-electron chi connectivity index (χ0n) is 22.7. The molecule has 3 heterocycles. The van der Waals surface area contributed by atoms with E-state index in [-0.39, 0.29) is 18.2 Å². The van der Waals surface area contributed by atoms with Crippen LogP contribution in [0.2, 0.25) is 0 Å². The van der Waals surface area contributed by atoms with Crippen LogP contribution in [0.25, 0.3) is 6.08 Å². The summed E-state index contributed by atoms with van der Waals surface area (Å²) in [5.41, 5.74) is 0.544. The van der Waals surface area contributed by atoms with Gasteiger partial charge in [0, 0.05) is 65.2 Å². The van der Waals surface area contributed by atoms with Crippen LogP contribution >= 0.6 is 0 Å². The average molecular weight is 554 g/mol. The third-order valence-electron chi connectivity index (χ3n) is 6.71. The lowest BCUT2D eigenvalue weighted by atomic mass is 10.0. The zero-order valence-corrected chi connectivity index (χ0v) is 22.7. The molecule has 40 heavy (non-hydrogen) atoms. The molecule has 1 saturated heterocycles. The van der Waals surface area contributed by atoms with E-state index in [1.165, 1.54) is 12.1 Å². The summed E-state index contributed by atoms with van der Waals surface area (Å²) in [5.74, 6) is 7.69. The molecule has 3 aliphatic rings. The Kier molecular flexibility index (Phi) is 9.93. The number of fused-ring (bicyclic) bond motifs is 1. The van der Waals surface area contributed by atoms with Gasteiger partial charge in [-0.05, 0) is 41.5 Å². The summed E-state index contributed by atoms with van der Waals surface area (Å²) in [7, 11) is 3.58. The Morgan fingerprint density at radius 1 is 1.27 bits per heavy atom. The number of rotatable bonds is 8. The Labute approximate surface area is 233 Å². The van der Waals surface area contributed by atoms with Gasteiger partial charge in [-0.2, -0.15) is 18.3 Å². The van der Waals surface area contributed by atoms with Crippen LogP contribution in [0.4, 0.5) is 13.2 Å². The van der Waals surface area contributed by atoms with Gasteiger partial charge in [0.2, 0.25) is 0 Å². The number of hydrogen-bond acceptors (Lipinski definition) is 8. The number of hydrazone groups is 1. The Morgan fingerprint density at radius 3 is 2.80 bits per heavy atom. The molecule has 2 N–H and O–H groups in total. The molecular weight excluding hydrogens is 519 g/mol. The van der Waals surface area contributed by atoms with Gasteiger partial charge in [0.1, 0.15) is 17.7 Å². The highest BCUT2D eigenvalue weighted by Crippen LogP contribution is 2.33. The molecular formula is C29H34F3N7O. The van der Waals surface area contributed by atoms with Crippen LogP contribution in [0.1, 0.15) is 16.7 Å². The van der Waals surface area contributed by atoms with Gasteiger partial charge in [-0.1, -0.05) is 30.0 Å². The van der Waals surface area contributed by atoms with Crippen molar-refractivity contribution in [2.24, 2.45) is 10.1 Å². The molecule has 0 aromatic heterocycles. The lowest BCUT2D eigenvalue weighted by Crippen LogP contribution is -2.43. The standard InChI is InChI=1S/C29H34F3N7O/c1-37(17-18-40-2)28-10-9-27-35-20-25(39(27)36-28)8-6-22(11-12-33)3-4-23-5-7-24(26(19-23)29(30,31)32)21-38-15-13-34-14-16-38/h3-5,7,9-12,19,25,33-34H,13-18,20-21H2,1-2H3/b4-3+,22-11+,33-12?. The van der Waals surface area contributed by atoms with Crippen LogP contribution in [0.5, 0.6) is 0 Å². The Balaban J connectivity index is 1.49. The van der Waals surface area contributed by atoms with E-state index in [1.54, 1.807) is 36.4 Å². The first-order valence-corrected chi connectivity index (χ1v) is 13.1. The average Bonchev–Trinajstić information content (AvgIpc) is 3.36. The normalized spacial score (nSPS) is 19.7. The number of allylic oxidation sites excluding steroid dienone is 3. The fraction of sp³-hybridized carbons (Fsp3) is 0.414. The zero-order chi connectivity index (χ0) is 28.5. The Morgan fingerprint density at radius 2 is 2.08 bits per heavy atom. The lowest BCUT2D eigenvalue weighted by Gasteiger charge is -2.28. The molecule has 0 spiro atoms. The van der Waals surface area contributed by atoms with Gasteiger partial charge >= 0.3 is 6.18 Å². The van der Waals surface area contributed by atoms with Crippen molar-refractivity contribution in [1.29, 1.82) is 5.41 Å². The van der Waals surface area contributed by atoms with Crippen molar-refractivity contribution in [1.82, 2.24) is 20.1 Å². The minimum atomic E-state index is -4.46. The smallest absolute Gasteiger partial charge is 0.383 e. The van der Waals surface area contributed by atoms with Gasteiger partial charge in [0.15, 0.2) is 0 Å². The van der Waals surface area contributed by atoms with Gasteiger partial charge in [0.25, 0.3) is 0 Å². The van der Waals surface area contributed by atoms with E-state index in [2.05, 4.69) is 27.3 Å². The minimum Gasteiger partial charge on any atom is -0.383 e. The summed E-state index contributed by atoms with van der Waals surface area (Å²) < 4.78 is 46.9. The van der Waals surface area contributed by atoms with E-state index in [0.29, 0.717) is 43.9 Å². The van der Waals surface area contributed by atoms with Crippen molar-refractivity contribution < 1.29 is 17.9 Å². The lowest BCUT2D eigenvalue weighted by molar-refractivity contribution is -0.138. The van der Waals surface area contributed by atoms with Gasteiger partial charge in [-0.25, -0.2) is 5.01 Å². The first-order valence-electron chi connectivity index (χ1n) is 13.1. The second-order valence-corrected chi connectivity index (χ2v) is 9.60. The van der Waals surface area contributed by atoms with Gasteiger partial charge in [-0.15, -0.1) is 0 Å². The molecule has 1 fully saturated rings. The SMILES string of the molecule is COCCN(C)C1=NN2C(=NCC2C#CC(/C=C/c2ccc(CN3CCNCC3)c(C(F)(F)F)c2)=C/C=N)C=C1. The number of nitrogens with one attached hydrogen (secondary N) is 2. The fourth-order valence-corrected chi connectivity index (χ4v) is 4.48. The third-order valence-corrected chi connectivity index (χ3v) is 6.71. The van der Waals surface area contributed by atoms with Gasteiger partial charge < -0.3 is 20.4 Å². The number of ether oxygens (including phenoxy) is 1. The van der Waals surface area contributed by atoms with Crippen molar-refractivity contribution in [3.05, 3.63) is 64.8 Å². The largest absolute Gasteiger partial charge is 0.416 e. The van der Waals surface area contributed by atoms with Gasteiger partial charge in [-0.3, -0.25) is 9.89 Å². The van der Waals surface area contributed by atoms with E-state index in [9.17, 15) is 13.2 Å². The number of piperazine rings is 1. The molecule has 212 valence electrons. The van der Waals surface area contributed by atoms with Crippen LogP contribution in [-0.2, 0) is 17.5 Å². The number of benzene rings is 1. The maximum Gasteiger partial charge on any atom is 0.416 e. The highest BCUT2D eigenvalue weighted by Gasteiger charge is 2.34. The Bertz CT molecular complexity index is 1280. The predicted octanol–water partition coefficient (Wildman–Crippen LogP) is 3.25. The van der Waals surface area contributed by atoms with Crippen LogP contribution in [0.15, 0.2) is 58.2 Å². The fourth-order valence-electron chi connectivity index (χ4n) is 4.48. The third kappa shape index (κ3) is 7.69. The molecule has 0 saturated carbocycles. The number of hydrogen-bond donors (Lipinski definition) is 2. The summed E-state index contributed by atoms with van der Waals surface area (Å²) >= 11 is 0. The molecule has 0 amide bonds. The van der Waals surface area contributed by atoms with Crippen molar-refractivity contribution in [3.63, 3.8) is 0 Å². The van der Waals surface area contributed by atoms with Crippen LogP contribution < -0.4 is 5.32 Å².